The summed E-state index contributed by atoms with van der Waals surface area (Å²) in [4.78, 5) is 24.2. The van der Waals surface area contributed by atoms with Crippen LogP contribution < -0.4 is 5.32 Å². The van der Waals surface area contributed by atoms with Gasteiger partial charge in [-0.15, -0.1) is 0 Å². The second kappa shape index (κ2) is 6.29. The van der Waals surface area contributed by atoms with E-state index >= 15 is 0 Å². The van der Waals surface area contributed by atoms with E-state index in [1.807, 2.05) is 6.92 Å². The molecule has 20 heavy (non-hydrogen) atoms. The van der Waals surface area contributed by atoms with E-state index in [4.69, 9.17) is 0 Å². The van der Waals surface area contributed by atoms with Crippen molar-refractivity contribution in [2.75, 3.05) is 19.6 Å². The lowest BCUT2D eigenvalue weighted by atomic mass is 10.1. The Labute approximate surface area is 117 Å². The first-order valence-electron chi connectivity index (χ1n) is 6.51. The molecule has 0 aliphatic carbocycles. The Morgan fingerprint density at radius 1 is 1.50 bits per heavy atom. The third-order valence-electron chi connectivity index (χ3n) is 3.22. The Hall–Kier alpha value is -2.21. The maximum atomic E-state index is 12.0. The van der Waals surface area contributed by atoms with Crippen molar-refractivity contribution in [2.24, 2.45) is 0 Å². The molecule has 1 saturated heterocycles. The van der Waals surface area contributed by atoms with Crippen LogP contribution in [0.1, 0.15) is 12.5 Å². The summed E-state index contributed by atoms with van der Waals surface area (Å²) in [7, 11) is 0. The standard InChI is InChI=1S/C14H17N3O3/c1-11-10-16(9-8-15-11)14(18)7-6-12-4-2-3-5-13(12)17(19)20/h2-7,11,15H,8-10H2,1H3/b7-6+/t11-/m0/s1. The molecule has 1 atom stereocenters. The van der Waals surface area contributed by atoms with Gasteiger partial charge in [0.05, 0.1) is 10.5 Å². The predicted octanol–water partition coefficient (Wildman–Crippen LogP) is 1.43. The number of hydrogen-bond donors (Lipinski definition) is 1. The number of nitro benzene ring substituents is 1. The van der Waals surface area contributed by atoms with Crippen molar-refractivity contribution in [3.05, 3.63) is 46.0 Å². The molecule has 1 heterocycles. The average Bonchev–Trinajstić information content (AvgIpc) is 2.45. The predicted molar refractivity (Wildman–Crippen MR) is 76.2 cm³/mol. The molecule has 106 valence electrons. The lowest BCUT2D eigenvalue weighted by molar-refractivity contribution is -0.385. The number of carbonyl (C=O) groups excluding carboxylic acids is 1. The monoisotopic (exact) mass is 275 g/mol. The SMILES string of the molecule is C[C@H]1CN(C(=O)/C=C/c2ccccc2[N+](=O)[O-])CCN1. The van der Waals surface area contributed by atoms with Gasteiger partial charge in [-0.3, -0.25) is 14.9 Å². The van der Waals surface area contributed by atoms with E-state index in [1.54, 1.807) is 23.1 Å². The van der Waals surface area contributed by atoms with Crippen molar-refractivity contribution in [2.45, 2.75) is 13.0 Å². The molecule has 0 saturated carbocycles. The topological polar surface area (TPSA) is 75.5 Å². The first-order valence-corrected chi connectivity index (χ1v) is 6.51. The minimum absolute atomic E-state index is 0.00484. The van der Waals surface area contributed by atoms with E-state index in [9.17, 15) is 14.9 Å². The van der Waals surface area contributed by atoms with Crippen LogP contribution in [0.5, 0.6) is 0 Å². The number of rotatable bonds is 3. The molecule has 1 aromatic carbocycles. The number of nitrogens with zero attached hydrogens (tertiary/aromatic N) is 2. The normalized spacial score (nSPS) is 19.2. The van der Waals surface area contributed by atoms with Gasteiger partial charge in [-0.05, 0) is 19.1 Å². The molecule has 1 N–H and O–H groups in total. The molecule has 1 amide bonds. The minimum atomic E-state index is -0.447. The molecule has 1 aromatic rings. The fourth-order valence-electron chi connectivity index (χ4n) is 2.19. The van der Waals surface area contributed by atoms with Crippen LogP contribution in [0.15, 0.2) is 30.3 Å². The van der Waals surface area contributed by atoms with Gasteiger partial charge in [0.2, 0.25) is 5.91 Å². The van der Waals surface area contributed by atoms with Crippen LogP contribution in [0.4, 0.5) is 5.69 Å². The lowest BCUT2D eigenvalue weighted by Gasteiger charge is -2.31. The van der Waals surface area contributed by atoms with Gasteiger partial charge in [-0.2, -0.15) is 0 Å². The highest BCUT2D eigenvalue weighted by atomic mass is 16.6. The van der Waals surface area contributed by atoms with Gasteiger partial charge in [0.1, 0.15) is 0 Å². The number of benzene rings is 1. The number of piperazine rings is 1. The zero-order valence-electron chi connectivity index (χ0n) is 11.3. The molecule has 0 aromatic heterocycles. The van der Waals surface area contributed by atoms with Gasteiger partial charge >= 0.3 is 0 Å². The third-order valence-corrected chi connectivity index (χ3v) is 3.22. The van der Waals surface area contributed by atoms with E-state index in [0.717, 1.165) is 6.54 Å². The number of nitro groups is 1. The van der Waals surface area contributed by atoms with Crippen LogP contribution >= 0.6 is 0 Å². The van der Waals surface area contributed by atoms with Gasteiger partial charge < -0.3 is 10.2 Å². The molecule has 1 aliphatic heterocycles. The maximum absolute atomic E-state index is 12.0. The molecule has 0 spiro atoms. The van der Waals surface area contributed by atoms with Crippen molar-refractivity contribution >= 4 is 17.7 Å². The Morgan fingerprint density at radius 2 is 2.25 bits per heavy atom. The molecule has 0 unspecified atom stereocenters. The van der Waals surface area contributed by atoms with Gasteiger partial charge in [-0.1, -0.05) is 12.1 Å². The average molecular weight is 275 g/mol. The molecule has 0 radical (unpaired) electrons. The van der Waals surface area contributed by atoms with Crippen molar-refractivity contribution < 1.29 is 9.72 Å². The van der Waals surface area contributed by atoms with Gasteiger partial charge in [0.25, 0.3) is 5.69 Å². The molecule has 2 rings (SSSR count). The van der Waals surface area contributed by atoms with Crippen LogP contribution in [0.2, 0.25) is 0 Å². The Kier molecular flexibility index (Phi) is 4.47. The Morgan fingerprint density at radius 3 is 2.95 bits per heavy atom. The van der Waals surface area contributed by atoms with Gasteiger partial charge in [-0.25, -0.2) is 0 Å². The summed E-state index contributed by atoms with van der Waals surface area (Å²) < 4.78 is 0. The Balaban J connectivity index is 2.09. The smallest absolute Gasteiger partial charge is 0.276 e. The number of carbonyl (C=O) groups is 1. The van der Waals surface area contributed by atoms with E-state index < -0.39 is 4.92 Å². The number of para-hydroxylation sites is 1. The fraction of sp³-hybridized carbons (Fsp3) is 0.357. The van der Waals surface area contributed by atoms with Gasteiger partial charge in [0.15, 0.2) is 0 Å². The highest BCUT2D eigenvalue weighted by molar-refractivity contribution is 5.92. The number of nitrogens with one attached hydrogen (secondary N) is 1. The second-order valence-corrected chi connectivity index (χ2v) is 4.79. The summed E-state index contributed by atoms with van der Waals surface area (Å²) in [6, 6.07) is 6.64. The minimum Gasteiger partial charge on any atom is -0.336 e. The maximum Gasteiger partial charge on any atom is 0.276 e. The van der Waals surface area contributed by atoms with E-state index in [-0.39, 0.29) is 17.6 Å². The van der Waals surface area contributed by atoms with Crippen LogP contribution in [-0.2, 0) is 4.79 Å². The zero-order chi connectivity index (χ0) is 14.5. The molecular weight excluding hydrogens is 258 g/mol. The summed E-state index contributed by atoms with van der Waals surface area (Å²) in [5, 5.41) is 14.1. The van der Waals surface area contributed by atoms with Crippen molar-refractivity contribution in [1.82, 2.24) is 10.2 Å². The van der Waals surface area contributed by atoms with Crippen LogP contribution in [0, 0.1) is 10.1 Å². The highest BCUT2D eigenvalue weighted by Crippen LogP contribution is 2.19. The number of hydrogen-bond acceptors (Lipinski definition) is 4. The van der Waals surface area contributed by atoms with E-state index in [0.29, 0.717) is 18.7 Å². The molecule has 1 aliphatic rings. The Bertz CT molecular complexity index is 542. The van der Waals surface area contributed by atoms with Crippen LogP contribution in [0.25, 0.3) is 6.08 Å². The third kappa shape index (κ3) is 3.42. The first-order chi connectivity index (χ1) is 9.58. The van der Waals surface area contributed by atoms with E-state index in [1.165, 1.54) is 18.2 Å². The van der Waals surface area contributed by atoms with Crippen molar-refractivity contribution in [1.29, 1.82) is 0 Å². The first kappa shape index (κ1) is 14.2. The zero-order valence-corrected chi connectivity index (χ0v) is 11.3. The summed E-state index contributed by atoms with van der Waals surface area (Å²) in [5.74, 6) is -0.114. The summed E-state index contributed by atoms with van der Waals surface area (Å²) in [6.45, 7) is 4.10. The van der Waals surface area contributed by atoms with Crippen molar-refractivity contribution in [3.8, 4) is 0 Å². The molecular formula is C14H17N3O3. The molecule has 6 heteroatoms. The van der Waals surface area contributed by atoms with Crippen LogP contribution in [-0.4, -0.2) is 41.4 Å². The summed E-state index contributed by atoms with van der Waals surface area (Å²) in [6.07, 6.45) is 2.91. The quantitative estimate of drug-likeness (QED) is 0.514. The van der Waals surface area contributed by atoms with Crippen molar-refractivity contribution in [3.63, 3.8) is 0 Å². The molecule has 0 bridgehead atoms. The van der Waals surface area contributed by atoms with Gasteiger partial charge in [0, 0.05) is 37.8 Å². The number of amides is 1. The summed E-state index contributed by atoms with van der Waals surface area (Å²) in [5.41, 5.74) is 0.444. The lowest BCUT2D eigenvalue weighted by Crippen LogP contribution is -2.50. The highest BCUT2D eigenvalue weighted by Gasteiger charge is 2.18. The summed E-state index contributed by atoms with van der Waals surface area (Å²) >= 11 is 0. The molecule has 1 fully saturated rings. The second-order valence-electron chi connectivity index (χ2n) is 4.79. The fourth-order valence-corrected chi connectivity index (χ4v) is 2.19. The van der Waals surface area contributed by atoms with Crippen LogP contribution in [0.3, 0.4) is 0 Å². The molecule has 6 nitrogen and oxygen atoms in total. The van der Waals surface area contributed by atoms with E-state index in [2.05, 4.69) is 5.32 Å². The largest absolute Gasteiger partial charge is 0.336 e.